The molecule has 72 valence electrons. The topological polar surface area (TPSA) is 33.5 Å². The van der Waals surface area contributed by atoms with Crippen LogP contribution in [0, 0.1) is 17.1 Å². The Kier molecular flexibility index (Phi) is 3.89. The van der Waals surface area contributed by atoms with Crippen molar-refractivity contribution in [1.29, 1.82) is 0 Å². The molecular weight excluding hydrogens is 291 g/mol. The van der Waals surface area contributed by atoms with Gasteiger partial charge < -0.3 is 10.2 Å². The van der Waals surface area contributed by atoms with Crippen LogP contribution in [0.5, 0.6) is 0 Å². The maximum Gasteiger partial charge on any atom is 0.304 e. The third-order valence-electron chi connectivity index (χ3n) is 1.69. The van der Waals surface area contributed by atoms with Gasteiger partial charge in [-0.15, -0.1) is 0 Å². The fourth-order valence-corrected chi connectivity index (χ4v) is 1.68. The molecule has 0 aliphatic rings. The first-order chi connectivity index (χ1) is 6.63. The predicted octanol–water partition coefficient (Wildman–Crippen LogP) is 2.46. The number of hydrogen-bond acceptors (Lipinski definition) is 1. The largest absolute Gasteiger partial charge is 0.319 e. The lowest BCUT2D eigenvalue weighted by atomic mass is 10.2. The summed E-state index contributed by atoms with van der Waals surface area (Å²) in [6, 6.07) is 5.74. The molecule has 0 fully saturated rings. The van der Waals surface area contributed by atoms with Crippen LogP contribution in [-0.2, 0) is 4.79 Å². The molecule has 0 unspecified atom stereocenters. The van der Waals surface area contributed by atoms with Gasteiger partial charge in [0, 0.05) is 9.26 Å². The summed E-state index contributed by atoms with van der Waals surface area (Å²) in [5.74, 6) is -0.260. The zero-order valence-electron chi connectivity index (χ0n) is 7.67. The first-order valence-corrected chi connectivity index (χ1v) is 5.10. The molecule has 0 saturated heterocycles. The maximum absolute atomic E-state index is 11.1. The standard InChI is InChI=1S/C10H9IN2O/c1-7-5-8(11)3-4-9(7)13-10(14)6-12-2/h3-5H,6H2,1H3,(H,13,14). The lowest BCUT2D eigenvalue weighted by Crippen LogP contribution is -2.14. The van der Waals surface area contributed by atoms with Crippen LogP contribution in [0.1, 0.15) is 5.56 Å². The van der Waals surface area contributed by atoms with E-state index < -0.39 is 0 Å². The van der Waals surface area contributed by atoms with Crippen molar-refractivity contribution in [2.24, 2.45) is 0 Å². The number of rotatable bonds is 2. The number of anilines is 1. The number of aryl methyl sites for hydroxylation is 1. The van der Waals surface area contributed by atoms with Gasteiger partial charge in [0.05, 0.1) is 0 Å². The van der Waals surface area contributed by atoms with Gasteiger partial charge in [0.15, 0.2) is 0 Å². The molecule has 0 spiro atoms. The number of nitrogens with zero attached hydrogens (tertiary/aromatic N) is 1. The molecule has 1 N–H and O–H groups in total. The summed E-state index contributed by atoms with van der Waals surface area (Å²) in [5.41, 5.74) is 1.79. The third kappa shape index (κ3) is 3.00. The zero-order chi connectivity index (χ0) is 10.6. The lowest BCUT2D eigenvalue weighted by Gasteiger charge is -2.05. The molecule has 0 heterocycles. The average Bonchev–Trinajstić information content (AvgIpc) is 2.10. The molecule has 3 nitrogen and oxygen atoms in total. The Morgan fingerprint density at radius 1 is 1.64 bits per heavy atom. The minimum atomic E-state index is -0.260. The van der Waals surface area contributed by atoms with Gasteiger partial charge in [0.25, 0.3) is 6.54 Å². The van der Waals surface area contributed by atoms with E-state index in [1.165, 1.54) is 0 Å². The number of hydrogen-bond donors (Lipinski definition) is 1. The quantitative estimate of drug-likeness (QED) is 0.660. The van der Waals surface area contributed by atoms with E-state index in [0.717, 1.165) is 14.8 Å². The van der Waals surface area contributed by atoms with Crippen molar-refractivity contribution >= 4 is 34.2 Å². The first-order valence-electron chi connectivity index (χ1n) is 4.02. The molecule has 1 aromatic rings. The van der Waals surface area contributed by atoms with E-state index >= 15 is 0 Å². The summed E-state index contributed by atoms with van der Waals surface area (Å²) in [6.45, 7) is 8.36. The minimum absolute atomic E-state index is 0.120. The normalized spacial score (nSPS) is 9.21. The van der Waals surface area contributed by atoms with Gasteiger partial charge in [-0.3, -0.25) is 4.79 Å². The molecule has 1 aromatic carbocycles. The van der Waals surface area contributed by atoms with Gasteiger partial charge in [-0.05, 0) is 53.3 Å². The van der Waals surface area contributed by atoms with Crippen molar-refractivity contribution in [3.8, 4) is 0 Å². The second kappa shape index (κ2) is 4.96. The fourth-order valence-electron chi connectivity index (χ4n) is 1.03. The number of carbonyl (C=O) groups excluding carboxylic acids is 1. The van der Waals surface area contributed by atoms with E-state index in [-0.39, 0.29) is 12.5 Å². The average molecular weight is 300 g/mol. The smallest absolute Gasteiger partial charge is 0.304 e. The van der Waals surface area contributed by atoms with Gasteiger partial charge in [-0.25, -0.2) is 6.57 Å². The van der Waals surface area contributed by atoms with Crippen molar-refractivity contribution in [3.63, 3.8) is 0 Å². The van der Waals surface area contributed by atoms with Crippen LogP contribution >= 0.6 is 22.6 Å². The van der Waals surface area contributed by atoms with Crippen LogP contribution in [0.3, 0.4) is 0 Å². The summed E-state index contributed by atoms with van der Waals surface area (Å²) in [4.78, 5) is 14.1. The summed E-state index contributed by atoms with van der Waals surface area (Å²) >= 11 is 2.21. The number of nitrogens with one attached hydrogen (secondary N) is 1. The van der Waals surface area contributed by atoms with Crippen LogP contribution in [-0.4, -0.2) is 12.5 Å². The Hall–Kier alpha value is -1.09. The Labute approximate surface area is 96.5 Å². The second-order valence-electron chi connectivity index (χ2n) is 2.82. The summed E-state index contributed by atoms with van der Waals surface area (Å²) in [5, 5.41) is 2.68. The number of benzene rings is 1. The Morgan fingerprint density at radius 2 is 2.36 bits per heavy atom. The summed E-state index contributed by atoms with van der Waals surface area (Å²) < 4.78 is 1.13. The van der Waals surface area contributed by atoms with Gasteiger partial charge in [-0.1, -0.05) is 0 Å². The van der Waals surface area contributed by atoms with Crippen molar-refractivity contribution in [2.45, 2.75) is 6.92 Å². The van der Waals surface area contributed by atoms with Gasteiger partial charge in [0.2, 0.25) is 0 Å². The molecule has 0 atom stereocenters. The molecule has 0 saturated carbocycles. The van der Waals surface area contributed by atoms with Gasteiger partial charge in [-0.2, -0.15) is 0 Å². The summed E-state index contributed by atoms with van der Waals surface area (Å²) in [6.07, 6.45) is 0. The second-order valence-corrected chi connectivity index (χ2v) is 4.07. The predicted molar refractivity (Wildman–Crippen MR) is 64.0 cm³/mol. The fraction of sp³-hybridized carbons (Fsp3) is 0.200. The molecule has 0 radical (unpaired) electrons. The Bertz CT molecular complexity index is 396. The first kappa shape index (κ1) is 11.0. The molecule has 0 bridgehead atoms. The highest BCUT2D eigenvalue weighted by Crippen LogP contribution is 2.17. The Balaban J connectivity index is 2.78. The monoisotopic (exact) mass is 300 g/mol. The van der Waals surface area contributed by atoms with Crippen molar-refractivity contribution in [1.82, 2.24) is 0 Å². The van der Waals surface area contributed by atoms with Gasteiger partial charge in [0.1, 0.15) is 0 Å². The molecule has 14 heavy (non-hydrogen) atoms. The van der Waals surface area contributed by atoms with E-state index in [1.54, 1.807) is 0 Å². The highest BCUT2D eigenvalue weighted by atomic mass is 127. The lowest BCUT2D eigenvalue weighted by molar-refractivity contribution is -0.114. The van der Waals surface area contributed by atoms with Crippen molar-refractivity contribution < 1.29 is 4.79 Å². The number of halogens is 1. The van der Waals surface area contributed by atoms with E-state index in [0.29, 0.717) is 0 Å². The molecule has 0 aliphatic carbocycles. The maximum atomic E-state index is 11.1. The van der Waals surface area contributed by atoms with Crippen LogP contribution < -0.4 is 5.32 Å². The molecule has 1 rings (SSSR count). The van der Waals surface area contributed by atoms with E-state index in [1.807, 2.05) is 25.1 Å². The van der Waals surface area contributed by atoms with Crippen molar-refractivity contribution in [3.05, 3.63) is 38.7 Å². The number of amides is 1. The summed E-state index contributed by atoms with van der Waals surface area (Å²) in [7, 11) is 0. The Morgan fingerprint density at radius 3 is 2.93 bits per heavy atom. The molecule has 1 amide bonds. The highest BCUT2D eigenvalue weighted by molar-refractivity contribution is 14.1. The molecular formula is C10H9IN2O. The van der Waals surface area contributed by atoms with Crippen molar-refractivity contribution in [2.75, 3.05) is 11.9 Å². The minimum Gasteiger partial charge on any atom is -0.319 e. The van der Waals surface area contributed by atoms with E-state index in [4.69, 9.17) is 6.57 Å². The highest BCUT2D eigenvalue weighted by Gasteiger charge is 2.06. The van der Waals surface area contributed by atoms with Crippen LogP contribution in [0.15, 0.2) is 18.2 Å². The van der Waals surface area contributed by atoms with Crippen LogP contribution in [0.25, 0.3) is 4.85 Å². The van der Waals surface area contributed by atoms with Crippen LogP contribution in [0.4, 0.5) is 5.69 Å². The van der Waals surface area contributed by atoms with E-state index in [9.17, 15) is 4.79 Å². The van der Waals surface area contributed by atoms with Gasteiger partial charge >= 0.3 is 5.91 Å². The SMILES string of the molecule is [C-]#[N+]CC(=O)Nc1ccc(I)cc1C. The molecule has 0 aromatic heterocycles. The zero-order valence-corrected chi connectivity index (χ0v) is 9.83. The van der Waals surface area contributed by atoms with Crippen LogP contribution in [0.2, 0.25) is 0 Å². The molecule has 0 aliphatic heterocycles. The third-order valence-corrected chi connectivity index (χ3v) is 2.36. The van der Waals surface area contributed by atoms with E-state index in [2.05, 4.69) is 32.8 Å². The number of carbonyl (C=O) groups is 1. The molecule has 4 heteroatoms.